The van der Waals surface area contributed by atoms with Crippen LogP contribution in [-0.2, 0) is 5.60 Å². The predicted molar refractivity (Wildman–Crippen MR) is 109 cm³/mol. The Morgan fingerprint density at radius 2 is 1.93 bits per heavy atom. The quantitative estimate of drug-likeness (QED) is 0.864. The number of aromatic nitrogens is 1. The van der Waals surface area contributed by atoms with Gasteiger partial charge in [-0.1, -0.05) is 0 Å². The summed E-state index contributed by atoms with van der Waals surface area (Å²) in [7, 11) is 2.22. The third kappa shape index (κ3) is 2.67. The fraction of sp³-hybridized carbons (Fsp3) is 0.522. The van der Waals surface area contributed by atoms with Gasteiger partial charge in [0.05, 0.1) is 16.9 Å². The van der Waals surface area contributed by atoms with E-state index in [1.165, 1.54) is 12.8 Å². The molecule has 28 heavy (non-hydrogen) atoms. The Morgan fingerprint density at radius 1 is 1.21 bits per heavy atom. The number of aryl methyl sites for hydroxylation is 1. The van der Waals surface area contributed by atoms with Gasteiger partial charge in [-0.2, -0.15) is 0 Å². The Morgan fingerprint density at radius 3 is 2.64 bits per heavy atom. The molecule has 2 aromatic rings. The highest BCUT2D eigenvalue weighted by molar-refractivity contribution is 5.98. The normalized spacial score (nSPS) is 27.6. The van der Waals surface area contributed by atoms with Gasteiger partial charge < -0.3 is 19.5 Å². The first-order valence-electron chi connectivity index (χ1n) is 10.4. The monoisotopic (exact) mass is 379 g/mol. The summed E-state index contributed by atoms with van der Waals surface area (Å²) in [6.07, 6.45) is 6.64. The number of carbonyl (C=O) groups excluding carboxylic acids is 1. The van der Waals surface area contributed by atoms with E-state index in [1.54, 1.807) is 0 Å². The molecule has 0 saturated carbocycles. The summed E-state index contributed by atoms with van der Waals surface area (Å²) in [4.78, 5) is 15.8. The number of fused-ring (bicyclic) bond motifs is 5. The second-order valence-electron chi connectivity index (χ2n) is 9.23. The highest BCUT2D eigenvalue weighted by atomic mass is 16.5. The van der Waals surface area contributed by atoms with Crippen LogP contribution in [0.4, 0.5) is 0 Å². The zero-order valence-corrected chi connectivity index (χ0v) is 17.2. The van der Waals surface area contributed by atoms with Gasteiger partial charge in [0.2, 0.25) is 0 Å². The van der Waals surface area contributed by atoms with E-state index in [4.69, 9.17) is 4.74 Å². The summed E-state index contributed by atoms with van der Waals surface area (Å²) in [5.41, 5.74) is 3.29. The molecule has 3 aliphatic heterocycles. The molecule has 0 radical (unpaired) electrons. The first-order valence-corrected chi connectivity index (χ1v) is 10.4. The van der Waals surface area contributed by atoms with Gasteiger partial charge in [-0.25, -0.2) is 0 Å². The minimum absolute atomic E-state index is 0.0136. The molecule has 2 fully saturated rings. The van der Waals surface area contributed by atoms with Crippen LogP contribution in [0.25, 0.3) is 5.69 Å². The molecule has 148 valence electrons. The molecule has 2 atom stereocenters. The maximum Gasteiger partial charge on any atom is 0.255 e. The Kier molecular flexibility index (Phi) is 3.89. The van der Waals surface area contributed by atoms with Crippen LogP contribution < -0.4 is 10.1 Å². The molecule has 2 unspecified atom stereocenters. The maximum absolute atomic E-state index is 13.3. The van der Waals surface area contributed by atoms with Crippen molar-refractivity contribution in [3.63, 3.8) is 0 Å². The first-order chi connectivity index (χ1) is 13.3. The average molecular weight is 380 g/mol. The van der Waals surface area contributed by atoms with Crippen molar-refractivity contribution in [1.82, 2.24) is 14.8 Å². The molecule has 1 aromatic heterocycles. The number of rotatable bonds is 2. The Hall–Kier alpha value is -2.27. The van der Waals surface area contributed by atoms with Gasteiger partial charge in [0.15, 0.2) is 5.75 Å². The summed E-state index contributed by atoms with van der Waals surface area (Å²) in [5.74, 6) is 0.674. The van der Waals surface area contributed by atoms with Crippen molar-refractivity contribution >= 4 is 5.91 Å². The number of ether oxygens (including phenoxy) is 1. The van der Waals surface area contributed by atoms with Crippen molar-refractivity contribution in [2.24, 2.45) is 0 Å². The number of carbonyl (C=O) groups is 1. The Labute approximate surface area is 166 Å². The number of benzene rings is 1. The van der Waals surface area contributed by atoms with Crippen molar-refractivity contribution in [3.05, 3.63) is 47.3 Å². The van der Waals surface area contributed by atoms with E-state index < -0.39 is 5.60 Å². The second-order valence-corrected chi connectivity index (χ2v) is 9.23. The van der Waals surface area contributed by atoms with Gasteiger partial charge >= 0.3 is 0 Å². The lowest BCUT2D eigenvalue weighted by Gasteiger charge is -2.37. The van der Waals surface area contributed by atoms with Gasteiger partial charge in [0.25, 0.3) is 5.91 Å². The summed E-state index contributed by atoms with van der Waals surface area (Å²) in [5, 5.41) is 3.32. The van der Waals surface area contributed by atoms with E-state index in [9.17, 15) is 4.79 Å². The van der Waals surface area contributed by atoms with E-state index >= 15 is 0 Å². The molecule has 3 aliphatic rings. The number of amides is 1. The van der Waals surface area contributed by atoms with Crippen LogP contribution in [0.5, 0.6) is 5.75 Å². The second kappa shape index (κ2) is 6.11. The van der Waals surface area contributed by atoms with Gasteiger partial charge in [-0.05, 0) is 83.3 Å². The van der Waals surface area contributed by atoms with Crippen LogP contribution in [0.2, 0.25) is 0 Å². The van der Waals surface area contributed by atoms with Crippen molar-refractivity contribution < 1.29 is 9.53 Å². The summed E-state index contributed by atoms with van der Waals surface area (Å²) < 4.78 is 8.53. The van der Waals surface area contributed by atoms with Crippen molar-refractivity contribution in [3.8, 4) is 11.4 Å². The number of nitrogens with zero attached hydrogens (tertiary/aromatic N) is 2. The molecule has 1 N–H and O–H groups in total. The predicted octanol–water partition coefficient (Wildman–Crippen LogP) is 3.77. The third-order valence-corrected chi connectivity index (χ3v) is 6.87. The summed E-state index contributed by atoms with van der Waals surface area (Å²) >= 11 is 0. The van der Waals surface area contributed by atoms with Crippen LogP contribution in [0.1, 0.15) is 61.1 Å². The molecule has 0 aliphatic carbocycles. The standard InChI is InChI=1S/C23H29N3O2/c1-14-10-18(22(27)24-15-12-16-7-8-17(13-15)25(16)4)21-19(11-14)26-9-5-6-20(26)23(2,3)28-21/h5-6,9-11,15-17H,7-8,12-13H2,1-4H3,(H,24,27). The zero-order valence-electron chi connectivity index (χ0n) is 17.2. The largest absolute Gasteiger partial charge is 0.479 e. The molecular weight excluding hydrogens is 350 g/mol. The molecule has 2 bridgehead atoms. The molecule has 0 spiro atoms. The Bertz CT molecular complexity index is 931. The van der Waals surface area contributed by atoms with E-state index in [-0.39, 0.29) is 11.9 Å². The fourth-order valence-corrected chi connectivity index (χ4v) is 5.39. The van der Waals surface area contributed by atoms with Gasteiger partial charge in [0.1, 0.15) is 5.60 Å². The van der Waals surface area contributed by atoms with Crippen molar-refractivity contribution in [1.29, 1.82) is 0 Å². The van der Waals surface area contributed by atoms with Crippen LogP contribution >= 0.6 is 0 Å². The average Bonchev–Trinajstić information content (AvgIpc) is 3.19. The maximum atomic E-state index is 13.3. The van der Waals surface area contributed by atoms with Gasteiger partial charge in [-0.3, -0.25) is 4.79 Å². The smallest absolute Gasteiger partial charge is 0.255 e. The van der Waals surface area contributed by atoms with E-state index in [0.29, 0.717) is 23.4 Å². The van der Waals surface area contributed by atoms with Gasteiger partial charge in [-0.15, -0.1) is 0 Å². The van der Waals surface area contributed by atoms with E-state index in [0.717, 1.165) is 29.8 Å². The molecule has 5 heteroatoms. The number of hydrogen-bond acceptors (Lipinski definition) is 3. The summed E-state index contributed by atoms with van der Waals surface area (Å²) in [6.45, 7) is 6.14. The van der Waals surface area contributed by atoms with Crippen LogP contribution in [-0.4, -0.2) is 40.5 Å². The minimum Gasteiger partial charge on any atom is -0.479 e. The lowest BCUT2D eigenvalue weighted by atomic mass is 9.96. The molecule has 2 saturated heterocycles. The third-order valence-electron chi connectivity index (χ3n) is 6.87. The topological polar surface area (TPSA) is 46.5 Å². The SMILES string of the molecule is Cc1cc(C(=O)NC2CC3CCC(C2)N3C)c2c(c1)-n1cccc1C(C)(C)O2. The lowest BCUT2D eigenvalue weighted by Crippen LogP contribution is -2.48. The molecule has 5 nitrogen and oxygen atoms in total. The number of hydrogen-bond donors (Lipinski definition) is 1. The molecule has 5 rings (SSSR count). The van der Waals surface area contributed by atoms with Crippen molar-refractivity contribution in [2.45, 2.75) is 70.2 Å². The van der Waals surface area contributed by atoms with Crippen molar-refractivity contribution in [2.75, 3.05) is 7.05 Å². The lowest BCUT2D eigenvalue weighted by molar-refractivity contribution is 0.0810. The Balaban J connectivity index is 1.48. The zero-order chi connectivity index (χ0) is 19.6. The van der Waals surface area contributed by atoms with Crippen LogP contribution in [0, 0.1) is 6.92 Å². The highest BCUT2D eigenvalue weighted by Gasteiger charge is 2.40. The molecule has 1 aromatic carbocycles. The molecule has 4 heterocycles. The fourth-order valence-electron chi connectivity index (χ4n) is 5.39. The highest BCUT2D eigenvalue weighted by Crippen LogP contribution is 2.42. The number of nitrogens with one attached hydrogen (secondary N) is 1. The molecule has 1 amide bonds. The molecular formula is C23H29N3O2. The van der Waals surface area contributed by atoms with E-state index in [1.807, 2.05) is 25.3 Å². The van der Waals surface area contributed by atoms with E-state index in [2.05, 4.69) is 47.8 Å². The first kappa shape index (κ1) is 17.8. The summed E-state index contributed by atoms with van der Waals surface area (Å²) in [6, 6.07) is 9.63. The number of piperidine rings is 1. The van der Waals surface area contributed by atoms with Gasteiger partial charge in [0, 0.05) is 24.3 Å². The van der Waals surface area contributed by atoms with Crippen LogP contribution in [0.15, 0.2) is 30.5 Å². The van der Waals surface area contributed by atoms with Crippen LogP contribution in [0.3, 0.4) is 0 Å². The minimum atomic E-state index is -0.479.